The van der Waals surface area contributed by atoms with E-state index in [-0.39, 0.29) is 5.82 Å². The van der Waals surface area contributed by atoms with Crippen LogP contribution in [-0.2, 0) is 6.54 Å². The summed E-state index contributed by atoms with van der Waals surface area (Å²) in [4.78, 5) is 2.29. The fourth-order valence-electron chi connectivity index (χ4n) is 2.59. The number of nitrogens with zero attached hydrogens (tertiary/aromatic N) is 2. The minimum atomic E-state index is -0.330. The zero-order valence-electron chi connectivity index (χ0n) is 11.3. The van der Waals surface area contributed by atoms with E-state index < -0.39 is 0 Å². The number of benzene rings is 1. The van der Waals surface area contributed by atoms with Gasteiger partial charge in [0.25, 0.3) is 0 Å². The highest BCUT2D eigenvalue weighted by molar-refractivity contribution is 5.33. The first-order valence-corrected chi connectivity index (χ1v) is 6.86. The van der Waals surface area contributed by atoms with E-state index in [1.165, 1.54) is 25.0 Å². The molecule has 1 fully saturated rings. The molecular formula is C15H20FN3. The Kier molecular flexibility index (Phi) is 4.89. The molecule has 0 aromatic heterocycles. The molecule has 1 aliphatic rings. The summed E-state index contributed by atoms with van der Waals surface area (Å²) in [5.41, 5.74) is 1.27. The molecule has 1 aromatic carbocycles. The summed E-state index contributed by atoms with van der Waals surface area (Å²) in [7, 11) is 0. The molecule has 1 atom stereocenters. The molecule has 19 heavy (non-hydrogen) atoms. The number of hydrogen-bond acceptors (Lipinski definition) is 3. The summed E-state index contributed by atoms with van der Waals surface area (Å²) in [5.74, 6) is -0.330. The van der Waals surface area contributed by atoms with Gasteiger partial charge in [0.1, 0.15) is 5.82 Å². The van der Waals surface area contributed by atoms with E-state index in [2.05, 4.69) is 17.1 Å². The van der Waals surface area contributed by atoms with Crippen LogP contribution < -0.4 is 5.32 Å². The van der Waals surface area contributed by atoms with Crippen molar-refractivity contribution >= 4 is 0 Å². The Morgan fingerprint density at radius 3 is 2.95 bits per heavy atom. The molecule has 0 saturated carbocycles. The van der Waals surface area contributed by atoms with Crippen LogP contribution in [0, 0.1) is 17.1 Å². The molecule has 1 unspecified atom stereocenters. The Labute approximate surface area is 114 Å². The summed E-state index contributed by atoms with van der Waals surface area (Å²) in [6, 6.07) is 7.11. The summed E-state index contributed by atoms with van der Waals surface area (Å²) >= 11 is 0. The lowest BCUT2D eigenvalue weighted by Gasteiger charge is -2.24. The predicted molar refractivity (Wildman–Crippen MR) is 73.1 cm³/mol. The SMILES string of the molecule is CCN(Cc1cc(F)cc(C#N)c1)CC1CCCN1. The minimum Gasteiger partial charge on any atom is -0.313 e. The minimum absolute atomic E-state index is 0.330. The molecule has 0 bridgehead atoms. The molecule has 1 saturated heterocycles. The van der Waals surface area contributed by atoms with Gasteiger partial charge in [-0.15, -0.1) is 0 Å². The van der Waals surface area contributed by atoms with E-state index in [0.717, 1.165) is 25.2 Å². The van der Waals surface area contributed by atoms with E-state index >= 15 is 0 Å². The lowest BCUT2D eigenvalue weighted by molar-refractivity contribution is 0.253. The van der Waals surface area contributed by atoms with Crippen LogP contribution in [0.5, 0.6) is 0 Å². The zero-order chi connectivity index (χ0) is 13.7. The second-order valence-corrected chi connectivity index (χ2v) is 5.08. The molecule has 0 radical (unpaired) electrons. The lowest BCUT2D eigenvalue weighted by atomic mass is 10.1. The van der Waals surface area contributed by atoms with Gasteiger partial charge in [0.15, 0.2) is 0 Å². The van der Waals surface area contributed by atoms with Crippen molar-refractivity contribution in [2.75, 3.05) is 19.6 Å². The van der Waals surface area contributed by atoms with Crippen LogP contribution in [0.3, 0.4) is 0 Å². The maximum Gasteiger partial charge on any atom is 0.124 e. The van der Waals surface area contributed by atoms with E-state index in [9.17, 15) is 4.39 Å². The molecule has 0 spiro atoms. The Morgan fingerprint density at radius 2 is 2.32 bits per heavy atom. The average molecular weight is 261 g/mol. The van der Waals surface area contributed by atoms with Crippen molar-refractivity contribution in [2.45, 2.75) is 32.4 Å². The van der Waals surface area contributed by atoms with Crippen molar-refractivity contribution in [2.24, 2.45) is 0 Å². The van der Waals surface area contributed by atoms with Crippen LogP contribution in [0.25, 0.3) is 0 Å². The van der Waals surface area contributed by atoms with Crippen molar-refractivity contribution in [3.05, 3.63) is 35.1 Å². The smallest absolute Gasteiger partial charge is 0.124 e. The summed E-state index contributed by atoms with van der Waals surface area (Å²) < 4.78 is 13.4. The van der Waals surface area contributed by atoms with Crippen LogP contribution in [-0.4, -0.2) is 30.6 Å². The van der Waals surface area contributed by atoms with Gasteiger partial charge in [0.2, 0.25) is 0 Å². The third kappa shape index (κ3) is 4.02. The predicted octanol–water partition coefficient (Wildman–Crippen LogP) is 2.27. The first kappa shape index (κ1) is 14.0. The van der Waals surface area contributed by atoms with Gasteiger partial charge in [-0.25, -0.2) is 4.39 Å². The fourth-order valence-corrected chi connectivity index (χ4v) is 2.59. The second-order valence-electron chi connectivity index (χ2n) is 5.08. The molecule has 102 valence electrons. The van der Waals surface area contributed by atoms with Gasteiger partial charge in [-0.2, -0.15) is 5.26 Å². The van der Waals surface area contributed by atoms with Crippen molar-refractivity contribution in [3.63, 3.8) is 0 Å². The van der Waals surface area contributed by atoms with Crippen molar-refractivity contribution in [1.82, 2.24) is 10.2 Å². The maximum atomic E-state index is 13.4. The van der Waals surface area contributed by atoms with Crippen LogP contribution in [0.2, 0.25) is 0 Å². The van der Waals surface area contributed by atoms with Gasteiger partial charge in [-0.05, 0) is 49.7 Å². The molecule has 0 aliphatic carbocycles. The summed E-state index contributed by atoms with van der Waals surface area (Å²) in [5, 5.41) is 12.3. The normalized spacial score (nSPS) is 18.7. The van der Waals surface area contributed by atoms with Crippen LogP contribution in [0.1, 0.15) is 30.9 Å². The molecule has 2 rings (SSSR count). The topological polar surface area (TPSA) is 39.1 Å². The monoisotopic (exact) mass is 261 g/mol. The van der Waals surface area contributed by atoms with Gasteiger partial charge in [0.05, 0.1) is 11.6 Å². The molecule has 3 nitrogen and oxygen atoms in total. The van der Waals surface area contributed by atoms with Gasteiger partial charge in [-0.3, -0.25) is 4.90 Å². The maximum absolute atomic E-state index is 13.4. The molecule has 1 aromatic rings. The van der Waals surface area contributed by atoms with Gasteiger partial charge < -0.3 is 5.32 Å². The Hall–Kier alpha value is -1.44. The highest BCUT2D eigenvalue weighted by Crippen LogP contribution is 2.13. The number of halogens is 1. The zero-order valence-corrected chi connectivity index (χ0v) is 11.3. The van der Waals surface area contributed by atoms with Crippen LogP contribution >= 0.6 is 0 Å². The molecule has 0 amide bonds. The lowest BCUT2D eigenvalue weighted by Crippen LogP contribution is -2.37. The standard InChI is InChI=1S/C15H20FN3/c1-2-19(11-15-4-3-5-18-15)10-13-6-12(9-17)7-14(16)8-13/h6-8,15,18H,2-5,10-11H2,1H3. The average Bonchev–Trinajstić information content (AvgIpc) is 2.90. The van der Waals surface area contributed by atoms with E-state index in [1.54, 1.807) is 6.07 Å². The fraction of sp³-hybridized carbons (Fsp3) is 0.533. The number of nitriles is 1. The third-order valence-electron chi connectivity index (χ3n) is 3.58. The van der Waals surface area contributed by atoms with E-state index in [0.29, 0.717) is 18.2 Å². The van der Waals surface area contributed by atoms with Crippen LogP contribution in [0.4, 0.5) is 4.39 Å². The Balaban J connectivity index is 2.01. The third-order valence-corrected chi connectivity index (χ3v) is 3.58. The van der Waals surface area contributed by atoms with E-state index in [4.69, 9.17) is 5.26 Å². The molecular weight excluding hydrogens is 241 g/mol. The van der Waals surface area contributed by atoms with Gasteiger partial charge >= 0.3 is 0 Å². The second kappa shape index (κ2) is 6.65. The molecule has 1 heterocycles. The first-order chi connectivity index (χ1) is 9.21. The number of likely N-dealkylation sites (N-methyl/N-ethyl adjacent to an activating group) is 1. The van der Waals surface area contributed by atoms with Gasteiger partial charge in [-0.1, -0.05) is 6.92 Å². The van der Waals surface area contributed by atoms with Crippen LogP contribution in [0.15, 0.2) is 18.2 Å². The summed E-state index contributed by atoms with van der Waals surface area (Å²) in [6.45, 7) is 5.81. The highest BCUT2D eigenvalue weighted by atomic mass is 19.1. The Bertz CT molecular complexity index is 461. The molecule has 1 aliphatic heterocycles. The number of nitrogens with one attached hydrogen (secondary N) is 1. The van der Waals surface area contributed by atoms with Gasteiger partial charge in [0, 0.05) is 19.1 Å². The van der Waals surface area contributed by atoms with Crippen molar-refractivity contribution in [1.29, 1.82) is 5.26 Å². The summed E-state index contributed by atoms with van der Waals surface area (Å²) in [6.07, 6.45) is 2.45. The quantitative estimate of drug-likeness (QED) is 0.883. The van der Waals surface area contributed by atoms with Crippen molar-refractivity contribution in [3.8, 4) is 6.07 Å². The molecule has 4 heteroatoms. The number of hydrogen-bond donors (Lipinski definition) is 1. The van der Waals surface area contributed by atoms with Crippen molar-refractivity contribution < 1.29 is 4.39 Å². The number of rotatable bonds is 5. The Morgan fingerprint density at radius 1 is 1.47 bits per heavy atom. The first-order valence-electron chi connectivity index (χ1n) is 6.86. The molecule has 1 N–H and O–H groups in total. The largest absolute Gasteiger partial charge is 0.313 e. The highest BCUT2D eigenvalue weighted by Gasteiger charge is 2.17. The van der Waals surface area contributed by atoms with E-state index in [1.807, 2.05) is 6.07 Å².